The number of rotatable bonds is 7. The molecule has 2 aromatic rings. The number of aryl methyl sites for hydroxylation is 1. The minimum absolute atomic E-state index is 0.0384. The molecule has 1 heterocycles. The fourth-order valence-electron chi connectivity index (χ4n) is 3.61. The number of aliphatic hydroxyl groups excluding tert-OH is 1. The number of para-hydroxylation sites is 1. The predicted octanol–water partition coefficient (Wildman–Crippen LogP) is 3.49. The number of nitrogens with zero attached hydrogens (tertiary/aromatic N) is 2. The summed E-state index contributed by atoms with van der Waals surface area (Å²) < 4.78 is 5.70. The van der Waals surface area contributed by atoms with Crippen LogP contribution in [0.25, 0.3) is 0 Å². The van der Waals surface area contributed by atoms with Gasteiger partial charge in [-0.05, 0) is 49.1 Å². The molecule has 1 fully saturated rings. The highest BCUT2D eigenvalue weighted by Gasteiger charge is 2.30. The third kappa shape index (κ3) is 5.30. The monoisotopic (exact) mass is 368 g/mol. The molecule has 1 atom stereocenters. The summed E-state index contributed by atoms with van der Waals surface area (Å²) in [7, 11) is 0. The predicted molar refractivity (Wildman–Crippen MR) is 104 cm³/mol. The molecule has 144 valence electrons. The number of hydrogen-bond donors (Lipinski definition) is 1. The van der Waals surface area contributed by atoms with Gasteiger partial charge in [0.05, 0.1) is 0 Å². The molecule has 3 rings (SSSR count). The van der Waals surface area contributed by atoms with E-state index < -0.39 is 6.10 Å². The quantitative estimate of drug-likeness (QED) is 0.813. The van der Waals surface area contributed by atoms with Crippen molar-refractivity contribution in [3.05, 3.63) is 59.9 Å². The Hall–Kier alpha value is -2.40. The fraction of sp³-hybridized carbons (Fsp3) is 0.455. The number of carbonyl (C=O) groups is 1. The number of carbonyl (C=O) groups excluding carboxylic acids is 1. The summed E-state index contributed by atoms with van der Waals surface area (Å²) in [5, 5.41) is 10.5. The second kappa shape index (κ2) is 9.51. The van der Waals surface area contributed by atoms with Crippen LogP contribution in [-0.4, -0.2) is 39.7 Å². The second-order valence-electron chi connectivity index (χ2n) is 7.21. The summed E-state index contributed by atoms with van der Waals surface area (Å²) >= 11 is 0. The first-order valence-corrected chi connectivity index (χ1v) is 9.71. The third-order valence-electron chi connectivity index (χ3n) is 5.18. The van der Waals surface area contributed by atoms with Gasteiger partial charge in [0.15, 0.2) is 6.10 Å². The van der Waals surface area contributed by atoms with Crippen LogP contribution in [0.2, 0.25) is 0 Å². The van der Waals surface area contributed by atoms with Crippen molar-refractivity contribution in [2.45, 2.75) is 57.7 Å². The second-order valence-corrected chi connectivity index (χ2v) is 7.21. The van der Waals surface area contributed by atoms with Crippen LogP contribution in [0.5, 0.6) is 5.75 Å². The first kappa shape index (κ1) is 19.4. The fourth-order valence-corrected chi connectivity index (χ4v) is 3.61. The van der Waals surface area contributed by atoms with E-state index in [-0.39, 0.29) is 18.6 Å². The number of amides is 1. The van der Waals surface area contributed by atoms with Crippen LogP contribution in [-0.2, 0) is 11.3 Å². The summed E-state index contributed by atoms with van der Waals surface area (Å²) in [6.45, 7) is 2.40. The molecule has 1 aromatic heterocycles. The van der Waals surface area contributed by atoms with Gasteiger partial charge in [-0.15, -0.1) is 0 Å². The van der Waals surface area contributed by atoms with Gasteiger partial charge >= 0.3 is 0 Å². The number of aliphatic hydroxyl groups is 1. The third-order valence-corrected chi connectivity index (χ3v) is 5.18. The van der Waals surface area contributed by atoms with Crippen molar-refractivity contribution in [1.29, 1.82) is 0 Å². The van der Waals surface area contributed by atoms with E-state index in [0.717, 1.165) is 36.8 Å². The molecule has 1 saturated carbocycles. The maximum Gasteiger partial charge on any atom is 0.255 e. The van der Waals surface area contributed by atoms with Crippen molar-refractivity contribution in [2.75, 3.05) is 6.61 Å². The van der Waals surface area contributed by atoms with E-state index in [0.29, 0.717) is 12.3 Å². The molecule has 5 nitrogen and oxygen atoms in total. The van der Waals surface area contributed by atoms with Crippen molar-refractivity contribution in [3.8, 4) is 5.75 Å². The summed E-state index contributed by atoms with van der Waals surface area (Å²) in [4.78, 5) is 18.9. The van der Waals surface area contributed by atoms with Crippen molar-refractivity contribution in [1.82, 2.24) is 9.88 Å². The maximum atomic E-state index is 13.0. The summed E-state index contributed by atoms with van der Waals surface area (Å²) in [6.07, 6.45) is 7.74. The van der Waals surface area contributed by atoms with E-state index in [1.165, 1.54) is 6.42 Å². The Morgan fingerprint density at radius 3 is 2.59 bits per heavy atom. The Balaban J connectivity index is 1.68. The van der Waals surface area contributed by atoms with Crippen LogP contribution < -0.4 is 4.74 Å². The zero-order valence-electron chi connectivity index (χ0n) is 15.9. The van der Waals surface area contributed by atoms with Crippen LogP contribution in [0.4, 0.5) is 0 Å². The molecule has 1 amide bonds. The molecule has 0 radical (unpaired) electrons. The molecule has 0 saturated heterocycles. The van der Waals surface area contributed by atoms with E-state index in [4.69, 9.17) is 4.74 Å². The first-order valence-electron chi connectivity index (χ1n) is 9.71. The smallest absolute Gasteiger partial charge is 0.255 e. The highest BCUT2D eigenvalue weighted by atomic mass is 16.5. The van der Waals surface area contributed by atoms with E-state index >= 15 is 0 Å². The number of pyridine rings is 1. The van der Waals surface area contributed by atoms with Gasteiger partial charge in [0.25, 0.3) is 5.91 Å². The standard InChI is InChI=1S/C22H28N2O3/c1-17-7-5-6-10-21(17)27-16-20(25)22(26)24(19-8-3-2-4-9-19)15-18-11-13-23-14-12-18/h5-7,10-14,19-20,25H,2-4,8-9,15-16H2,1H3/t20-/m0/s1. The van der Waals surface area contributed by atoms with Crippen molar-refractivity contribution in [2.24, 2.45) is 0 Å². The molecule has 0 spiro atoms. The molecular weight excluding hydrogens is 340 g/mol. The Morgan fingerprint density at radius 2 is 1.89 bits per heavy atom. The zero-order valence-corrected chi connectivity index (χ0v) is 15.9. The topological polar surface area (TPSA) is 62.7 Å². The number of benzene rings is 1. The summed E-state index contributed by atoms with van der Waals surface area (Å²) in [5.41, 5.74) is 2.01. The lowest BCUT2D eigenvalue weighted by atomic mass is 9.93. The lowest BCUT2D eigenvalue weighted by Crippen LogP contribution is -2.47. The van der Waals surface area contributed by atoms with Crippen LogP contribution in [0.15, 0.2) is 48.8 Å². The Labute approximate surface area is 161 Å². The van der Waals surface area contributed by atoms with Gasteiger partial charge in [-0.25, -0.2) is 0 Å². The average molecular weight is 368 g/mol. The summed E-state index contributed by atoms with van der Waals surface area (Å²) in [5.74, 6) is 0.440. The summed E-state index contributed by atoms with van der Waals surface area (Å²) in [6, 6.07) is 11.6. The Bertz CT molecular complexity index is 729. The minimum Gasteiger partial charge on any atom is -0.490 e. The Kier molecular flexibility index (Phi) is 6.82. The van der Waals surface area contributed by atoms with E-state index in [2.05, 4.69) is 4.98 Å². The maximum absolute atomic E-state index is 13.0. The van der Waals surface area contributed by atoms with Gasteiger partial charge < -0.3 is 14.7 Å². The van der Waals surface area contributed by atoms with Gasteiger partial charge in [0.2, 0.25) is 0 Å². The van der Waals surface area contributed by atoms with Gasteiger partial charge in [-0.2, -0.15) is 0 Å². The molecule has 0 bridgehead atoms. The average Bonchev–Trinajstić information content (AvgIpc) is 2.72. The minimum atomic E-state index is -1.17. The number of hydrogen-bond acceptors (Lipinski definition) is 4. The molecule has 0 aliphatic heterocycles. The molecule has 27 heavy (non-hydrogen) atoms. The highest BCUT2D eigenvalue weighted by Crippen LogP contribution is 2.25. The lowest BCUT2D eigenvalue weighted by Gasteiger charge is -2.35. The van der Waals surface area contributed by atoms with Crippen molar-refractivity contribution >= 4 is 5.91 Å². The molecule has 1 aromatic carbocycles. The normalized spacial score (nSPS) is 15.9. The van der Waals surface area contributed by atoms with E-state index in [9.17, 15) is 9.90 Å². The van der Waals surface area contributed by atoms with Crippen LogP contribution >= 0.6 is 0 Å². The SMILES string of the molecule is Cc1ccccc1OC[C@H](O)C(=O)N(Cc1ccncc1)C1CCCCC1. The molecule has 1 N–H and O–H groups in total. The largest absolute Gasteiger partial charge is 0.490 e. The lowest BCUT2D eigenvalue weighted by molar-refractivity contribution is -0.145. The highest BCUT2D eigenvalue weighted by molar-refractivity contribution is 5.81. The van der Waals surface area contributed by atoms with Gasteiger partial charge in [-0.1, -0.05) is 37.5 Å². The first-order chi connectivity index (χ1) is 13.1. The van der Waals surface area contributed by atoms with Gasteiger partial charge in [-0.3, -0.25) is 9.78 Å². The molecular formula is C22H28N2O3. The van der Waals surface area contributed by atoms with E-state index in [1.54, 1.807) is 12.4 Å². The number of aromatic nitrogens is 1. The Morgan fingerprint density at radius 1 is 1.19 bits per heavy atom. The van der Waals surface area contributed by atoms with Gasteiger partial charge in [0.1, 0.15) is 12.4 Å². The zero-order chi connectivity index (χ0) is 19.1. The van der Waals surface area contributed by atoms with Crippen molar-refractivity contribution in [3.63, 3.8) is 0 Å². The van der Waals surface area contributed by atoms with Crippen LogP contribution in [0, 0.1) is 6.92 Å². The van der Waals surface area contributed by atoms with Crippen LogP contribution in [0.1, 0.15) is 43.2 Å². The van der Waals surface area contributed by atoms with E-state index in [1.807, 2.05) is 48.2 Å². The number of ether oxygens (including phenoxy) is 1. The molecule has 1 aliphatic carbocycles. The molecule has 0 unspecified atom stereocenters. The van der Waals surface area contributed by atoms with Crippen molar-refractivity contribution < 1.29 is 14.6 Å². The molecule has 1 aliphatic rings. The van der Waals surface area contributed by atoms with Gasteiger partial charge in [0, 0.05) is 25.0 Å². The molecule has 5 heteroatoms. The van der Waals surface area contributed by atoms with Crippen LogP contribution in [0.3, 0.4) is 0 Å².